The quantitative estimate of drug-likeness (QED) is 0.230. The average molecular weight is 499 g/mol. The molecule has 0 fully saturated rings. The summed E-state index contributed by atoms with van der Waals surface area (Å²) in [6.45, 7) is 2.76. The van der Waals surface area contributed by atoms with Gasteiger partial charge in [0.1, 0.15) is 12.1 Å². The first-order valence-electron chi connectivity index (χ1n) is 11.0. The average Bonchev–Trinajstić information content (AvgIpc) is 3.26. The number of hydrogen-bond donors (Lipinski definition) is 2. The molecule has 11 nitrogen and oxygen atoms in total. The Bertz CT molecular complexity index is 1180. The fraction of sp³-hybridized carbons (Fsp3) is 0.304. The van der Waals surface area contributed by atoms with Gasteiger partial charge >= 0.3 is 0 Å². The molecule has 12 heteroatoms. The monoisotopic (exact) mass is 498 g/mol. The topological polar surface area (TPSA) is 141 Å². The summed E-state index contributed by atoms with van der Waals surface area (Å²) in [4.78, 5) is 36.1. The van der Waals surface area contributed by atoms with Crippen LogP contribution in [0.5, 0.6) is 5.75 Å². The second-order valence-corrected chi connectivity index (χ2v) is 8.62. The van der Waals surface area contributed by atoms with Crippen LogP contribution in [0.4, 0.5) is 5.69 Å². The lowest BCUT2D eigenvalue weighted by molar-refractivity contribution is -0.387. The zero-order chi connectivity index (χ0) is 25.2. The Morgan fingerprint density at radius 2 is 1.74 bits per heavy atom. The normalized spacial score (nSPS) is 10.6. The van der Waals surface area contributed by atoms with Crippen LogP contribution in [-0.4, -0.2) is 38.1 Å². The molecule has 184 valence electrons. The number of nitro benzene ring substituents is 1. The van der Waals surface area contributed by atoms with Crippen LogP contribution in [0.2, 0.25) is 0 Å². The standard InChI is InChI=1S/C23H26N6O5S/c1-3-4-5-6-13-34-18-10-7-16(8-11-18)21(30)25-26-22(31)17-9-12-20(19(14-17)29(32)33)35-23-27-24-15-28(23)2/h7-12,14-15H,3-6,13H2,1-2H3,(H,25,30)(H,26,31). The molecule has 0 radical (unpaired) electrons. The third-order valence-corrected chi connectivity index (χ3v) is 6.08. The number of carbonyl (C=O) groups is 2. The number of hydrogen-bond acceptors (Lipinski definition) is 8. The van der Waals surface area contributed by atoms with Crippen LogP contribution in [0.25, 0.3) is 0 Å². The Kier molecular flexibility index (Phi) is 9.18. The number of aryl methyl sites for hydroxylation is 1. The molecule has 0 spiro atoms. The van der Waals surface area contributed by atoms with Gasteiger partial charge in [0.05, 0.1) is 16.4 Å². The van der Waals surface area contributed by atoms with Gasteiger partial charge in [0, 0.05) is 24.2 Å². The molecule has 0 unspecified atom stereocenters. The fourth-order valence-electron chi connectivity index (χ4n) is 3.03. The summed E-state index contributed by atoms with van der Waals surface area (Å²) in [6.07, 6.45) is 5.90. The molecule has 2 amide bonds. The van der Waals surface area contributed by atoms with E-state index < -0.39 is 16.7 Å². The minimum absolute atomic E-state index is 0.0196. The van der Waals surface area contributed by atoms with Crippen molar-refractivity contribution in [3.05, 3.63) is 70.0 Å². The first kappa shape index (κ1) is 25.7. The van der Waals surface area contributed by atoms with E-state index in [0.717, 1.165) is 37.1 Å². The van der Waals surface area contributed by atoms with Crippen molar-refractivity contribution in [1.82, 2.24) is 25.6 Å². The second-order valence-electron chi connectivity index (χ2n) is 7.61. The molecule has 0 saturated heterocycles. The number of amides is 2. The van der Waals surface area contributed by atoms with Crippen molar-refractivity contribution in [2.75, 3.05) is 6.61 Å². The van der Waals surface area contributed by atoms with Gasteiger partial charge < -0.3 is 9.30 Å². The van der Waals surface area contributed by atoms with Crippen LogP contribution in [0.3, 0.4) is 0 Å². The molecule has 0 aliphatic heterocycles. The molecule has 3 rings (SSSR count). The lowest BCUT2D eigenvalue weighted by Gasteiger charge is -2.10. The maximum atomic E-state index is 12.5. The summed E-state index contributed by atoms with van der Waals surface area (Å²) in [7, 11) is 1.72. The SMILES string of the molecule is CCCCCCOc1ccc(C(=O)NNC(=O)c2ccc(Sc3nncn3C)c([N+](=O)[O-])c2)cc1. The molecule has 2 aromatic carbocycles. The number of nitrogens with one attached hydrogen (secondary N) is 2. The van der Waals surface area contributed by atoms with E-state index in [9.17, 15) is 19.7 Å². The molecular weight excluding hydrogens is 472 g/mol. The number of nitrogens with zero attached hydrogens (tertiary/aromatic N) is 4. The summed E-state index contributed by atoms with van der Waals surface area (Å²) in [5.74, 6) is -0.561. The summed E-state index contributed by atoms with van der Waals surface area (Å²) in [6, 6.07) is 10.6. The number of unbranched alkanes of at least 4 members (excludes halogenated alkanes) is 3. The van der Waals surface area contributed by atoms with Crippen molar-refractivity contribution >= 4 is 29.3 Å². The molecule has 0 aliphatic carbocycles. The molecule has 1 aromatic heterocycles. The Morgan fingerprint density at radius 1 is 1.06 bits per heavy atom. The van der Waals surface area contributed by atoms with Crippen LogP contribution in [0.1, 0.15) is 53.3 Å². The van der Waals surface area contributed by atoms with Crippen LogP contribution in [0.15, 0.2) is 58.8 Å². The first-order chi connectivity index (χ1) is 16.9. The number of aromatic nitrogens is 3. The molecule has 0 atom stereocenters. The number of ether oxygens (including phenoxy) is 1. The van der Waals surface area contributed by atoms with Gasteiger partial charge in [-0.05, 0) is 54.6 Å². The Labute approximate surface area is 206 Å². The summed E-state index contributed by atoms with van der Waals surface area (Å²) in [5, 5.41) is 19.6. The van der Waals surface area contributed by atoms with Gasteiger partial charge in [-0.15, -0.1) is 10.2 Å². The minimum atomic E-state index is -0.691. The Hall–Kier alpha value is -3.93. The highest BCUT2D eigenvalue weighted by Crippen LogP contribution is 2.34. The van der Waals surface area contributed by atoms with E-state index in [-0.39, 0.29) is 11.3 Å². The first-order valence-corrected chi connectivity index (χ1v) is 11.8. The van der Waals surface area contributed by atoms with Crippen molar-refractivity contribution < 1.29 is 19.2 Å². The van der Waals surface area contributed by atoms with E-state index in [1.54, 1.807) is 35.9 Å². The van der Waals surface area contributed by atoms with E-state index in [2.05, 4.69) is 28.0 Å². The largest absolute Gasteiger partial charge is 0.494 e. The molecular formula is C23H26N6O5S. The number of carbonyl (C=O) groups excluding carboxylic acids is 2. The van der Waals surface area contributed by atoms with Crippen molar-refractivity contribution in [3.63, 3.8) is 0 Å². The lowest BCUT2D eigenvalue weighted by atomic mass is 10.2. The highest BCUT2D eigenvalue weighted by atomic mass is 32.2. The summed E-state index contributed by atoms with van der Waals surface area (Å²) in [5.41, 5.74) is 4.68. The smallest absolute Gasteiger partial charge is 0.284 e. The molecule has 0 bridgehead atoms. The fourth-order valence-corrected chi connectivity index (χ4v) is 3.88. The van der Waals surface area contributed by atoms with Crippen LogP contribution in [0, 0.1) is 10.1 Å². The van der Waals surface area contributed by atoms with Crippen molar-refractivity contribution in [3.8, 4) is 5.75 Å². The molecule has 35 heavy (non-hydrogen) atoms. The number of nitro groups is 1. The van der Waals surface area contributed by atoms with E-state index in [1.165, 1.54) is 24.9 Å². The number of benzene rings is 2. The van der Waals surface area contributed by atoms with Crippen molar-refractivity contribution in [1.29, 1.82) is 0 Å². The van der Waals surface area contributed by atoms with E-state index in [1.807, 2.05) is 0 Å². The van der Waals surface area contributed by atoms with Gasteiger partial charge in [0.2, 0.25) is 0 Å². The highest BCUT2D eigenvalue weighted by molar-refractivity contribution is 7.99. The molecule has 0 aliphatic rings. The Morgan fingerprint density at radius 3 is 2.37 bits per heavy atom. The maximum absolute atomic E-state index is 12.5. The van der Waals surface area contributed by atoms with E-state index >= 15 is 0 Å². The van der Waals surface area contributed by atoms with Crippen LogP contribution >= 0.6 is 11.8 Å². The minimum Gasteiger partial charge on any atom is -0.494 e. The zero-order valence-electron chi connectivity index (χ0n) is 19.4. The molecule has 2 N–H and O–H groups in total. The maximum Gasteiger partial charge on any atom is 0.284 e. The van der Waals surface area contributed by atoms with Gasteiger partial charge in [-0.1, -0.05) is 26.2 Å². The van der Waals surface area contributed by atoms with Gasteiger partial charge in [0.25, 0.3) is 17.5 Å². The van der Waals surface area contributed by atoms with E-state index in [0.29, 0.717) is 28.0 Å². The van der Waals surface area contributed by atoms with Crippen LogP contribution < -0.4 is 15.6 Å². The van der Waals surface area contributed by atoms with Gasteiger partial charge in [-0.2, -0.15) is 0 Å². The van der Waals surface area contributed by atoms with Gasteiger partial charge in [0.15, 0.2) is 5.16 Å². The van der Waals surface area contributed by atoms with Gasteiger partial charge in [-0.25, -0.2) is 0 Å². The Balaban J connectivity index is 1.56. The predicted molar refractivity (Wildman–Crippen MR) is 129 cm³/mol. The summed E-state index contributed by atoms with van der Waals surface area (Å²) >= 11 is 1.06. The van der Waals surface area contributed by atoms with E-state index in [4.69, 9.17) is 4.74 Å². The highest BCUT2D eigenvalue weighted by Gasteiger charge is 2.20. The van der Waals surface area contributed by atoms with Gasteiger partial charge in [-0.3, -0.25) is 30.6 Å². The lowest BCUT2D eigenvalue weighted by Crippen LogP contribution is -2.41. The summed E-state index contributed by atoms with van der Waals surface area (Å²) < 4.78 is 7.28. The molecule has 3 aromatic rings. The van der Waals surface area contributed by atoms with Crippen molar-refractivity contribution in [2.45, 2.75) is 42.7 Å². The zero-order valence-corrected chi connectivity index (χ0v) is 20.2. The van der Waals surface area contributed by atoms with Crippen LogP contribution in [-0.2, 0) is 7.05 Å². The third-order valence-electron chi connectivity index (χ3n) is 4.96. The van der Waals surface area contributed by atoms with Crippen molar-refractivity contribution in [2.24, 2.45) is 7.05 Å². The predicted octanol–water partition coefficient (Wildman–Crippen LogP) is 3.91. The third kappa shape index (κ3) is 7.27. The molecule has 0 saturated carbocycles. The number of rotatable bonds is 11. The number of hydrazine groups is 1. The second kappa shape index (κ2) is 12.5. The molecule has 1 heterocycles.